The van der Waals surface area contributed by atoms with Crippen LogP contribution in [0.4, 0.5) is 0 Å². The van der Waals surface area contributed by atoms with Gasteiger partial charge in [0.1, 0.15) is 0 Å². The number of unbranched alkanes of at least 4 members (excludes halogenated alkanes) is 1. The van der Waals surface area contributed by atoms with Gasteiger partial charge >= 0.3 is 0 Å². The largest absolute Gasteiger partial charge is 0.103 e. The van der Waals surface area contributed by atoms with Crippen molar-refractivity contribution >= 4 is 22.6 Å². The maximum Gasteiger partial charge on any atom is 0.0198 e. The van der Waals surface area contributed by atoms with Crippen molar-refractivity contribution in [2.24, 2.45) is 0 Å². The lowest BCUT2D eigenvalue weighted by molar-refractivity contribution is 1.01. The first-order chi connectivity index (χ1) is 3.41. The van der Waals surface area contributed by atoms with Gasteiger partial charge in [-0.3, -0.25) is 0 Å². The van der Waals surface area contributed by atoms with Crippen LogP contribution in [-0.4, -0.2) is 4.43 Å². The summed E-state index contributed by atoms with van der Waals surface area (Å²) in [5.74, 6) is 5.48. The lowest BCUT2D eigenvalue weighted by Gasteiger charge is -1.79. The van der Waals surface area contributed by atoms with E-state index in [0.29, 0.717) is 0 Å². The van der Waals surface area contributed by atoms with Crippen LogP contribution in [0.5, 0.6) is 0 Å². The average Bonchev–Trinajstić information content (AvgIpc) is 1.69. The van der Waals surface area contributed by atoms with E-state index < -0.39 is 0 Å². The summed E-state index contributed by atoms with van der Waals surface area (Å²) in [6, 6.07) is 0. The lowest BCUT2D eigenvalue weighted by atomic mass is 10.3. The van der Waals surface area contributed by atoms with Crippen molar-refractivity contribution in [3.05, 3.63) is 6.92 Å². The quantitative estimate of drug-likeness (QED) is 0.281. The maximum atomic E-state index is 3.39. The van der Waals surface area contributed by atoms with Crippen molar-refractivity contribution in [1.29, 1.82) is 0 Å². The summed E-state index contributed by atoms with van der Waals surface area (Å²) in [6.07, 6.45) is 2.20. The molecule has 1 radical (unpaired) electrons. The standard InChI is InChI=1S/C6H8I/c1-2-3-4-5-6-7/h1,4-6H2. The monoisotopic (exact) mass is 207 g/mol. The molecule has 0 saturated carbocycles. The summed E-state index contributed by atoms with van der Waals surface area (Å²) in [5, 5.41) is 0. The SMILES string of the molecule is [CH2]C#CCCCI. The molecule has 0 N–H and O–H groups in total. The second-order valence-corrected chi connectivity index (χ2v) is 2.22. The van der Waals surface area contributed by atoms with Crippen molar-refractivity contribution in [1.82, 2.24) is 0 Å². The molecular weight excluding hydrogens is 199 g/mol. The van der Waals surface area contributed by atoms with Crippen molar-refractivity contribution < 1.29 is 0 Å². The van der Waals surface area contributed by atoms with Crippen LogP contribution in [0.2, 0.25) is 0 Å². The van der Waals surface area contributed by atoms with Crippen molar-refractivity contribution in [3.63, 3.8) is 0 Å². The first-order valence-corrected chi connectivity index (χ1v) is 3.75. The van der Waals surface area contributed by atoms with Crippen LogP contribution in [0.1, 0.15) is 12.8 Å². The summed E-state index contributed by atoms with van der Waals surface area (Å²) >= 11 is 2.34. The Bertz CT molecular complexity index is 75.9. The van der Waals surface area contributed by atoms with Gasteiger partial charge in [-0.25, -0.2) is 0 Å². The predicted molar refractivity (Wildman–Crippen MR) is 41.3 cm³/mol. The average molecular weight is 207 g/mol. The highest BCUT2D eigenvalue weighted by Crippen LogP contribution is 1.91. The van der Waals surface area contributed by atoms with Crippen molar-refractivity contribution in [2.75, 3.05) is 4.43 Å². The molecule has 0 aromatic heterocycles. The Hall–Kier alpha value is 0.290. The molecule has 7 heavy (non-hydrogen) atoms. The van der Waals surface area contributed by atoms with Gasteiger partial charge in [0, 0.05) is 17.8 Å². The molecule has 0 amide bonds. The number of alkyl halides is 1. The first kappa shape index (κ1) is 7.29. The third-order valence-electron chi connectivity index (χ3n) is 0.560. The maximum absolute atomic E-state index is 3.39. The van der Waals surface area contributed by atoms with Gasteiger partial charge in [0.05, 0.1) is 0 Å². The van der Waals surface area contributed by atoms with Crippen LogP contribution in [0.3, 0.4) is 0 Å². The van der Waals surface area contributed by atoms with E-state index in [9.17, 15) is 0 Å². The Kier molecular flexibility index (Phi) is 6.55. The van der Waals surface area contributed by atoms with Gasteiger partial charge in [-0.2, -0.15) is 0 Å². The van der Waals surface area contributed by atoms with Gasteiger partial charge in [-0.15, -0.1) is 11.8 Å². The first-order valence-electron chi connectivity index (χ1n) is 2.22. The fourth-order valence-electron chi connectivity index (χ4n) is 0.244. The molecule has 0 spiro atoms. The minimum absolute atomic E-state index is 1.01. The molecule has 0 aliphatic rings. The van der Waals surface area contributed by atoms with E-state index in [1.807, 2.05) is 0 Å². The summed E-state index contributed by atoms with van der Waals surface area (Å²) in [6.45, 7) is 3.39. The highest BCUT2D eigenvalue weighted by atomic mass is 127. The molecule has 0 rings (SSSR count). The zero-order valence-corrected chi connectivity index (χ0v) is 6.36. The molecule has 39 valence electrons. The number of rotatable bonds is 2. The number of hydrogen-bond acceptors (Lipinski definition) is 0. The Morgan fingerprint density at radius 1 is 1.57 bits per heavy atom. The third-order valence-corrected chi connectivity index (χ3v) is 1.32. The van der Waals surface area contributed by atoms with E-state index >= 15 is 0 Å². The van der Waals surface area contributed by atoms with Gasteiger partial charge in [0.25, 0.3) is 0 Å². The van der Waals surface area contributed by atoms with E-state index in [4.69, 9.17) is 0 Å². The van der Waals surface area contributed by atoms with Crippen molar-refractivity contribution in [3.8, 4) is 11.8 Å². The number of halogens is 1. The van der Waals surface area contributed by atoms with Crippen LogP contribution in [0, 0.1) is 18.8 Å². The fraction of sp³-hybridized carbons (Fsp3) is 0.500. The molecule has 1 heteroatoms. The summed E-state index contributed by atoms with van der Waals surface area (Å²) in [4.78, 5) is 0. The molecule has 0 aromatic rings. The highest BCUT2D eigenvalue weighted by molar-refractivity contribution is 14.1. The van der Waals surface area contributed by atoms with E-state index in [1.54, 1.807) is 0 Å². The summed E-state index contributed by atoms with van der Waals surface area (Å²) in [7, 11) is 0. The molecule has 0 aliphatic carbocycles. The minimum Gasteiger partial charge on any atom is -0.103 e. The molecule has 0 aliphatic heterocycles. The molecule has 0 fully saturated rings. The van der Waals surface area contributed by atoms with E-state index in [2.05, 4.69) is 41.4 Å². The van der Waals surface area contributed by atoms with Gasteiger partial charge in [-0.05, 0) is 6.42 Å². The van der Waals surface area contributed by atoms with Crippen LogP contribution in [0.15, 0.2) is 0 Å². The molecule has 0 atom stereocenters. The van der Waals surface area contributed by atoms with Crippen LogP contribution < -0.4 is 0 Å². The Morgan fingerprint density at radius 3 is 2.71 bits per heavy atom. The van der Waals surface area contributed by atoms with Crippen LogP contribution in [-0.2, 0) is 0 Å². The second kappa shape index (κ2) is 6.29. The van der Waals surface area contributed by atoms with E-state index in [0.717, 1.165) is 6.42 Å². The zero-order valence-electron chi connectivity index (χ0n) is 4.21. The summed E-state index contributed by atoms with van der Waals surface area (Å²) in [5.41, 5.74) is 0. The third kappa shape index (κ3) is 6.29. The smallest absolute Gasteiger partial charge is 0.0198 e. The van der Waals surface area contributed by atoms with Gasteiger partial charge in [0.2, 0.25) is 0 Å². The molecule has 0 bridgehead atoms. The van der Waals surface area contributed by atoms with Crippen LogP contribution >= 0.6 is 22.6 Å². The van der Waals surface area contributed by atoms with Gasteiger partial charge in [-0.1, -0.05) is 22.6 Å². The lowest BCUT2D eigenvalue weighted by Crippen LogP contribution is -1.68. The topological polar surface area (TPSA) is 0 Å². The molecule has 0 aromatic carbocycles. The van der Waals surface area contributed by atoms with E-state index in [-0.39, 0.29) is 0 Å². The summed E-state index contributed by atoms with van der Waals surface area (Å²) < 4.78 is 1.20. The second-order valence-electron chi connectivity index (χ2n) is 1.15. The van der Waals surface area contributed by atoms with Gasteiger partial charge < -0.3 is 0 Å². The zero-order chi connectivity index (χ0) is 5.54. The highest BCUT2D eigenvalue weighted by Gasteiger charge is 1.74. The molecule has 0 heterocycles. The molecule has 0 unspecified atom stereocenters. The molecular formula is C6H8I. The van der Waals surface area contributed by atoms with Crippen LogP contribution in [0.25, 0.3) is 0 Å². The van der Waals surface area contributed by atoms with Gasteiger partial charge in [0.15, 0.2) is 0 Å². The fourth-order valence-corrected chi connectivity index (χ4v) is 0.625. The predicted octanol–water partition coefficient (Wildman–Crippen LogP) is 2.04. The normalized spacial score (nSPS) is 7.14. The van der Waals surface area contributed by atoms with E-state index in [1.165, 1.54) is 10.8 Å². The Labute approximate surface area is 58.8 Å². The molecule has 0 saturated heterocycles. The Morgan fingerprint density at radius 2 is 2.29 bits per heavy atom. The number of hydrogen-bond donors (Lipinski definition) is 0. The minimum atomic E-state index is 1.01. The van der Waals surface area contributed by atoms with Crippen molar-refractivity contribution in [2.45, 2.75) is 12.8 Å². The Balaban J connectivity index is 2.78. The molecule has 0 nitrogen and oxygen atoms in total.